The van der Waals surface area contributed by atoms with E-state index in [2.05, 4.69) is 27.3 Å². The zero-order valence-corrected chi connectivity index (χ0v) is 23.5. The van der Waals surface area contributed by atoms with Crippen LogP contribution in [0.15, 0.2) is 72.8 Å². The second kappa shape index (κ2) is 13.1. The molecule has 2 heterocycles. The van der Waals surface area contributed by atoms with Crippen molar-refractivity contribution >= 4 is 22.8 Å². The summed E-state index contributed by atoms with van der Waals surface area (Å²) in [7, 11) is 1.54. The number of aromatic hydroxyl groups is 1. The van der Waals surface area contributed by atoms with Gasteiger partial charge < -0.3 is 25.4 Å². The van der Waals surface area contributed by atoms with Crippen LogP contribution in [0.3, 0.4) is 0 Å². The van der Waals surface area contributed by atoms with E-state index in [1.54, 1.807) is 37.4 Å². The monoisotopic (exact) mass is 569 g/mol. The minimum absolute atomic E-state index is 0.00291. The van der Waals surface area contributed by atoms with Crippen molar-refractivity contribution in [3.8, 4) is 16.9 Å². The summed E-state index contributed by atoms with van der Waals surface area (Å²) < 4.78 is 5.29. The highest BCUT2D eigenvalue weighted by Crippen LogP contribution is 2.28. The van der Waals surface area contributed by atoms with E-state index in [0.29, 0.717) is 17.3 Å². The summed E-state index contributed by atoms with van der Waals surface area (Å²) in [6.07, 6.45) is 1.80. The fraction of sp³-hybridized carbons (Fsp3) is 0.303. The van der Waals surface area contributed by atoms with Crippen LogP contribution in [0.4, 0.5) is 0 Å². The van der Waals surface area contributed by atoms with Gasteiger partial charge in [0.15, 0.2) is 0 Å². The van der Waals surface area contributed by atoms with Crippen molar-refractivity contribution in [2.45, 2.75) is 38.0 Å². The third-order valence-electron chi connectivity index (χ3n) is 7.62. The molecule has 1 aliphatic heterocycles. The van der Waals surface area contributed by atoms with Gasteiger partial charge in [0.25, 0.3) is 5.91 Å². The highest BCUT2D eigenvalue weighted by Gasteiger charge is 2.21. The van der Waals surface area contributed by atoms with Gasteiger partial charge in [-0.3, -0.25) is 9.69 Å². The zero-order chi connectivity index (χ0) is 29.6. The van der Waals surface area contributed by atoms with E-state index >= 15 is 0 Å². The number of piperidine rings is 1. The lowest BCUT2D eigenvalue weighted by atomic mass is 9.98. The number of phenolic OH excluding ortho intramolecular Hbond substituents is 1. The molecule has 1 saturated heterocycles. The van der Waals surface area contributed by atoms with E-state index in [1.165, 1.54) is 6.07 Å². The van der Waals surface area contributed by atoms with Crippen LogP contribution in [-0.4, -0.2) is 76.0 Å². The molecule has 0 spiro atoms. The van der Waals surface area contributed by atoms with E-state index < -0.39 is 11.9 Å². The van der Waals surface area contributed by atoms with Gasteiger partial charge in [0.05, 0.1) is 29.8 Å². The molecule has 5 rings (SSSR count). The number of nitrogens with one attached hydrogen (secondary N) is 1. The number of aromatic nitrogens is 1. The Morgan fingerprint density at radius 1 is 1.00 bits per heavy atom. The van der Waals surface area contributed by atoms with E-state index in [1.807, 2.05) is 24.3 Å². The maximum Gasteiger partial charge on any atom is 0.336 e. The van der Waals surface area contributed by atoms with E-state index in [4.69, 9.17) is 4.74 Å². The molecule has 3 aromatic carbocycles. The average Bonchev–Trinajstić information content (AvgIpc) is 2.99. The Hall–Kier alpha value is -4.31. The molecule has 42 heavy (non-hydrogen) atoms. The standard InChI is InChI=1S/C33H35N3O6/c1-42-20-25(16-21-5-8-26(37)9-6-21)34-32(39)31-18-29(33(40)41)28-17-24(7-10-30(28)35-31)23-4-2-3-22(15-23)19-36-13-11-27(38)12-14-36/h2-10,15,17-18,25,27,37-38H,11-14,16,19-20H2,1H3,(H,34,39)(H,40,41)/t25-/m0/s1. The Bertz CT molecular complexity index is 1560. The first-order chi connectivity index (χ1) is 20.3. The van der Waals surface area contributed by atoms with Crippen LogP contribution >= 0.6 is 0 Å². The van der Waals surface area contributed by atoms with Crippen LogP contribution in [0.25, 0.3) is 22.0 Å². The number of benzene rings is 3. The first-order valence-corrected chi connectivity index (χ1v) is 14.0. The van der Waals surface area contributed by atoms with Gasteiger partial charge in [-0.05, 0) is 77.9 Å². The minimum Gasteiger partial charge on any atom is -0.508 e. The topological polar surface area (TPSA) is 132 Å². The molecule has 1 fully saturated rings. The predicted molar refractivity (Wildman–Crippen MR) is 160 cm³/mol. The maximum atomic E-state index is 13.2. The average molecular weight is 570 g/mol. The van der Waals surface area contributed by atoms with Gasteiger partial charge in [-0.25, -0.2) is 9.78 Å². The number of aromatic carboxylic acids is 1. The number of carbonyl (C=O) groups excluding carboxylic acids is 1. The number of phenols is 1. The number of aliphatic hydroxyl groups is 1. The van der Waals surface area contributed by atoms with Crippen molar-refractivity contribution in [2.75, 3.05) is 26.8 Å². The number of rotatable bonds is 10. The van der Waals surface area contributed by atoms with Gasteiger partial charge in [0, 0.05) is 32.1 Å². The van der Waals surface area contributed by atoms with Crippen LogP contribution in [0.5, 0.6) is 5.75 Å². The molecule has 9 nitrogen and oxygen atoms in total. The number of carboxylic acids is 1. The number of fused-ring (bicyclic) bond motifs is 1. The predicted octanol–water partition coefficient (Wildman–Crippen LogP) is 4.25. The van der Waals surface area contributed by atoms with Gasteiger partial charge in [0.1, 0.15) is 11.4 Å². The van der Waals surface area contributed by atoms with Crippen LogP contribution in [-0.2, 0) is 17.7 Å². The fourth-order valence-corrected chi connectivity index (χ4v) is 5.41. The van der Waals surface area contributed by atoms with Gasteiger partial charge in [-0.1, -0.05) is 36.4 Å². The zero-order valence-electron chi connectivity index (χ0n) is 23.5. The Labute approximate surface area is 244 Å². The van der Waals surface area contributed by atoms with Crippen LogP contribution in [0.1, 0.15) is 44.8 Å². The summed E-state index contributed by atoms with van der Waals surface area (Å²) >= 11 is 0. The van der Waals surface area contributed by atoms with Crippen molar-refractivity contribution in [3.63, 3.8) is 0 Å². The lowest BCUT2D eigenvalue weighted by Crippen LogP contribution is -2.40. The Kier molecular flexibility index (Phi) is 9.12. The van der Waals surface area contributed by atoms with Crippen LogP contribution < -0.4 is 5.32 Å². The number of amides is 1. The Morgan fingerprint density at radius 3 is 2.45 bits per heavy atom. The molecule has 1 amide bonds. The summed E-state index contributed by atoms with van der Waals surface area (Å²) in [5.41, 5.74) is 4.28. The Morgan fingerprint density at radius 2 is 1.74 bits per heavy atom. The number of aliphatic hydroxyl groups excluding tert-OH is 1. The summed E-state index contributed by atoms with van der Waals surface area (Å²) in [4.78, 5) is 32.4. The van der Waals surface area contributed by atoms with Gasteiger partial charge in [-0.15, -0.1) is 0 Å². The summed E-state index contributed by atoms with van der Waals surface area (Å²) in [5, 5.41) is 32.8. The SMILES string of the molecule is COC[C@H](Cc1ccc(O)cc1)NC(=O)c1cc(C(=O)O)c2cc(-c3cccc(CN4CCC(O)CC4)c3)ccc2n1. The molecule has 1 aromatic heterocycles. The summed E-state index contributed by atoms with van der Waals surface area (Å²) in [6.45, 7) is 2.74. The van der Waals surface area contributed by atoms with Crippen molar-refractivity contribution < 1.29 is 29.6 Å². The molecule has 0 unspecified atom stereocenters. The number of hydrogen-bond donors (Lipinski definition) is 4. The number of carbonyl (C=O) groups is 2. The number of nitrogens with zero attached hydrogens (tertiary/aromatic N) is 2. The number of methoxy groups -OCH3 is 1. The lowest BCUT2D eigenvalue weighted by Gasteiger charge is -2.29. The third-order valence-corrected chi connectivity index (χ3v) is 7.62. The summed E-state index contributed by atoms with van der Waals surface area (Å²) in [5.74, 6) is -1.49. The van der Waals surface area contributed by atoms with Crippen LogP contribution in [0, 0.1) is 0 Å². The minimum atomic E-state index is -1.15. The van der Waals surface area contributed by atoms with Gasteiger partial charge >= 0.3 is 5.97 Å². The normalized spacial score (nSPS) is 15.0. The second-order valence-corrected chi connectivity index (χ2v) is 10.8. The van der Waals surface area contributed by atoms with Gasteiger partial charge in [0.2, 0.25) is 0 Å². The molecule has 1 atom stereocenters. The van der Waals surface area contributed by atoms with E-state index in [9.17, 15) is 24.9 Å². The number of likely N-dealkylation sites (tertiary alicyclic amines) is 1. The molecule has 4 N–H and O–H groups in total. The molecule has 218 valence electrons. The van der Waals surface area contributed by atoms with E-state index in [-0.39, 0.29) is 35.8 Å². The first kappa shape index (κ1) is 29.2. The highest BCUT2D eigenvalue weighted by molar-refractivity contribution is 6.06. The first-order valence-electron chi connectivity index (χ1n) is 14.0. The molecule has 0 radical (unpaired) electrons. The van der Waals surface area contributed by atoms with E-state index in [0.717, 1.165) is 54.7 Å². The Balaban J connectivity index is 1.38. The molecule has 9 heteroatoms. The maximum absolute atomic E-state index is 13.2. The van der Waals surface area contributed by atoms with Crippen LogP contribution in [0.2, 0.25) is 0 Å². The molecule has 4 aromatic rings. The molecule has 0 aliphatic carbocycles. The number of pyridine rings is 1. The smallest absolute Gasteiger partial charge is 0.336 e. The van der Waals surface area contributed by atoms with Crippen molar-refractivity contribution in [1.29, 1.82) is 0 Å². The van der Waals surface area contributed by atoms with Crippen molar-refractivity contribution in [1.82, 2.24) is 15.2 Å². The molecule has 1 aliphatic rings. The number of hydrogen-bond acceptors (Lipinski definition) is 7. The second-order valence-electron chi connectivity index (χ2n) is 10.8. The van der Waals surface area contributed by atoms with Gasteiger partial charge in [-0.2, -0.15) is 0 Å². The molecule has 0 bridgehead atoms. The summed E-state index contributed by atoms with van der Waals surface area (Å²) in [6, 6.07) is 21.2. The fourth-order valence-electron chi connectivity index (χ4n) is 5.41. The number of carboxylic acid groups (broad SMARTS) is 1. The largest absolute Gasteiger partial charge is 0.508 e. The highest BCUT2D eigenvalue weighted by atomic mass is 16.5. The number of ether oxygens (including phenoxy) is 1. The van der Waals surface area contributed by atoms with Crippen molar-refractivity contribution in [3.05, 3.63) is 95.2 Å². The quantitative estimate of drug-likeness (QED) is 0.223. The van der Waals surface area contributed by atoms with Crippen molar-refractivity contribution in [2.24, 2.45) is 0 Å². The lowest BCUT2D eigenvalue weighted by molar-refractivity contribution is 0.0698. The third kappa shape index (κ3) is 7.12. The molecular weight excluding hydrogens is 534 g/mol. The molecule has 0 saturated carbocycles. The molecular formula is C33H35N3O6.